The highest BCUT2D eigenvalue weighted by Crippen LogP contribution is 2.29. The molecule has 1 aliphatic rings. The Morgan fingerprint density at radius 3 is 2.84 bits per heavy atom. The predicted molar refractivity (Wildman–Crippen MR) is 99.8 cm³/mol. The fourth-order valence-electron chi connectivity index (χ4n) is 3.06. The molecule has 0 radical (unpaired) electrons. The largest absolute Gasteiger partial charge is 0.387 e. The van der Waals surface area contributed by atoms with Gasteiger partial charge in [0.15, 0.2) is 0 Å². The summed E-state index contributed by atoms with van der Waals surface area (Å²) < 4.78 is 27.4. The minimum Gasteiger partial charge on any atom is -0.387 e. The second kappa shape index (κ2) is 6.96. The van der Waals surface area contributed by atoms with Gasteiger partial charge in [0.1, 0.15) is 0 Å². The highest BCUT2D eigenvalue weighted by molar-refractivity contribution is 7.89. The van der Waals surface area contributed by atoms with Crippen LogP contribution in [0.3, 0.4) is 0 Å². The number of rotatable bonds is 5. The maximum atomic E-state index is 12.5. The molecule has 3 rings (SSSR count). The van der Waals surface area contributed by atoms with Crippen molar-refractivity contribution in [2.45, 2.75) is 24.3 Å². The average Bonchev–Trinajstić information content (AvgIpc) is 2.95. The van der Waals surface area contributed by atoms with E-state index < -0.39 is 16.1 Å². The maximum Gasteiger partial charge on any atom is 0.240 e. The Labute approximate surface area is 153 Å². The van der Waals surface area contributed by atoms with E-state index in [1.807, 2.05) is 25.2 Å². The summed E-state index contributed by atoms with van der Waals surface area (Å²) in [6.45, 7) is 2.52. The van der Waals surface area contributed by atoms with Gasteiger partial charge in [0.05, 0.1) is 11.0 Å². The molecule has 0 aromatic heterocycles. The lowest BCUT2D eigenvalue weighted by Crippen LogP contribution is -2.29. The van der Waals surface area contributed by atoms with E-state index in [4.69, 9.17) is 11.6 Å². The van der Waals surface area contributed by atoms with Crippen LogP contribution in [0.15, 0.2) is 41.3 Å². The van der Waals surface area contributed by atoms with Crippen molar-refractivity contribution in [2.75, 3.05) is 25.0 Å². The topological polar surface area (TPSA) is 69.6 Å². The van der Waals surface area contributed by atoms with Crippen molar-refractivity contribution in [3.05, 3.63) is 58.1 Å². The highest BCUT2D eigenvalue weighted by atomic mass is 35.5. The molecule has 2 aromatic rings. The number of hydrogen-bond donors (Lipinski definition) is 2. The molecule has 0 saturated carbocycles. The van der Waals surface area contributed by atoms with E-state index in [2.05, 4.69) is 9.62 Å². The zero-order valence-electron chi connectivity index (χ0n) is 14.2. The Morgan fingerprint density at radius 2 is 2.08 bits per heavy atom. The van der Waals surface area contributed by atoms with Crippen LogP contribution in [-0.4, -0.2) is 33.7 Å². The Balaban J connectivity index is 1.74. The van der Waals surface area contributed by atoms with Gasteiger partial charge in [-0.25, -0.2) is 13.1 Å². The third kappa shape index (κ3) is 3.67. The van der Waals surface area contributed by atoms with Crippen molar-refractivity contribution in [3.63, 3.8) is 0 Å². The van der Waals surface area contributed by atoms with Crippen LogP contribution in [0.25, 0.3) is 0 Å². The lowest BCUT2D eigenvalue weighted by molar-refractivity contribution is 0.182. The SMILES string of the molecule is Cc1c(Cl)cccc1S(=O)(=O)NC[C@@H](O)c1ccc2c(c1)CCN2C. The molecular weight excluding hydrogens is 360 g/mol. The van der Waals surface area contributed by atoms with Crippen LogP contribution < -0.4 is 9.62 Å². The first-order chi connectivity index (χ1) is 11.8. The lowest BCUT2D eigenvalue weighted by Gasteiger charge is -2.16. The van der Waals surface area contributed by atoms with E-state index in [0.717, 1.165) is 18.7 Å². The smallest absolute Gasteiger partial charge is 0.240 e. The molecule has 0 aliphatic carbocycles. The molecule has 5 nitrogen and oxygen atoms in total. The number of hydrogen-bond acceptors (Lipinski definition) is 4. The Hall–Kier alpha value is -1.60. The molecule has 0 spiro atoms. The molecule has 0 saturated heterocycles. The highest BCUT2D eigenvalue weighted by Gasteiger charge is 2.21. The van der Waals surface area contributed by atoms with E-state index in [0.29, 0.717) is 16.1 Å². The lowest BCUT2D eigenvalue weighted by atomic mass is 10.0. The summed E-state index contributed by atoms with van der Waals surface area (Å²) in [4.78, 5) is 2.29. The van der Waals surface area contributed by atoms with Gasteiger partial charge in [-0.15, -0.1) is 0 Å². The summed E-state index contributed by atoms with van der Waals surface area (Å²) in [5, 5.41) is 10.8. The zero-order chi connectivity index (χ0) is 18.2. The Kier molecular flexibility index (Phi) is 5.06. The van der Waals surface area contributed by atoms with Gasteiger partial charge in [-0.1, -0.05) is 29.8 Å². The van der Waals surface area contributed by atoms with E-state index in [9.17, 15) is 13.5 Å². The van der Waals surface area contributed by atoms with Crippen molar-refractivity contribution in [2.24, 2.45) is 0 Å². The Morgan fingerprint density at radius 1 is 1.32 bits per heavy atom. The molecule has 0 unspecified atom stereocenters. The molecule has 134 valence electrons. The van der Waals surface area contributed by atoms with Crippen molar-refractivity contribution >= 4 is 27.3 Å². The summed E-state index contributed by atoms with van der Waals surface area (Å²) in [5.41, 5.74) is 3.53. The van der Waals surface area contributed by atoms with E-state index in [-0.39, 0.29) is 11.4 Å². The van der Waals surface area contributed by atoms with Crippen LogP contribution in [0.4, 0.5) is 5.69 Å². The Bertz CT molecular complexity index is 899. The number of aliphatic hydroxyl groups excluding tert-OH is 1. The number of halogens is 1. The molecule has 25 heavy (non-hydrogen) atoms. The van der Waals surface area contributed by atoms with Crippen molar-refractivity contribution in [1.29, 1.82) is 0 Å². The summed E-state index contributed by atoms with van der Waals surface area (Å²) >= 11 is 6.00. The average molecular weight is 381 g/mol. The zero-order valence-corrected chi connectivity index (χ0v) is 15.7. The second-order valence-corrected chi connectivity index (χ2v) is 8.43. The van der Waals surface area contributed by atoms with Crippen LogP contribution >= 0.6 is 11.6 Å². The minimum absolute atomic E-state index is 0.0943. The van der Waals surface area contributed by atoms with Crippen molar-refractivity contribution < 1.29 is 13.5 Å². The van der Waals surface area contributed by atoms with Gasteiger partial charge in [-0.2, -0.15) is 0 Å². The number of anilines is 1. The molecule has 0 fully saturated rings. The van der Waals surface area contributed by atoms with E-state index in [1.165, 1.54) is 11.6 Å². The first kappa shape index (κ1) is 18.2. The third-order valence-electron chi connectivity index (χ3n) is 4.59. The molecule has 1 atom stereocenters. The standard InChI is InChI=1S/C18H21ClN2O3S/c1-12-15(19)4-3-5-18(12)25(23,24)20-11-17(22)14-6-7-16-13(10-14)8-9-21(16)2/h3-7,10,17,20,22H,8-9,11H2,1-2H3/t17-/m1/s1. The third-order valence-corrected chi connectivity index (χ3v) is 6.57. The van der Waals surface area contributed by atoms with Gasteiger partial charge in [0, 0.05) is 30.8 Å². The van der Waals surface area contributed by atoms with Gasteiger partial charge in [0.2, 0.25) is 10.0 Å². The molecule has 0 amide bonds. The van der Waals surface area contributed by atoms with Gasteiger partial charge in [-0.05, 0) is 48.2 Å². The minimum atomic E-state index is -3.74. The van der Waals surface area contributed by atoms with Gasteiger partial charge >= 0.3 is 0 Å². The summed E-state index contributed by atoms with van der Waals surface area (Å²) in [7, 11) is -1.71. The number of nitrogens with one attached hydrogen (secondary N) is 1. The summed E-state index contributed by atoms with van der Waals surface area (Å²) in [5.74, 6) is 0. The van der Waals surface area contributed by atoms with Crippen LogP contribution in [0.5, 0.6) is 0 Å². The molecule has 2 N–H and O–H groups in total. The number of nitrogens with zero attached hydrogens (tertiary/aromatic N) is 1. The summed E-state index contributed by atoms with van der Waals surface area (Å²) in [6, 6.07) is 10.5. The first-order valence-electron chi connectivity index (χ1n) is 8.06. The van der Waals surface area contributed by atoms with Crippen molar-refractivity contribution in [3.8, 4) is 0 Å². The van der Waals surface area contributed by atoms with Gasteiger partial charge in [0.25, 0.3) is 0 Å². The first-order valence-corrected chi connectivity index (χ1v) is 9.92. The van der Waals surface area contributed by atoms with Gasteiger partial charge in [-0.3, -0.25) is 0 Å². The monoisotopic (exact) mass is 380 g/mol. The van der Waals surface area contributed by atoms with Crippen LogP contribution in [-0.2, 0) is 16.4 Å². The fourth-order valence-corrected chi connectivity index (χ4v) is 4.59. The predicted octanol–water partition coefficient (Wildman–Crippen LogP) is 2.65. The number of aliphatic hydroxyl groups is 1. The number of sulfonamides is 1. The molecule has 2 aromatic carbocycles. The normalized spacial score (nSPS) is 15.3. The molecule has 1 heterocycles. The quantitative estimate of drug-likeness (QED) is 0.836. The maximum absolute atomic E-state index is 12.5. The van der Waals surface area contributed by atoms with E-state index >= 15 is 0 Å². The number of likely N-dealkylation sites (N-methyl/N-ethyl adjacent to an activating group) is 1. The van der Waals surface area contributed by atoms with E-state index in [1.54, 1.807) is 19.1 Å². The fraction of sp³-hybridized carbons (Fsp3) is 0.333. The van der Waals surface area contributed by atoms with Crippen LogP contribution in [0, 0.1) is 6.92 Å². The molecule has 1 aliphatic heterocycles. The molecule has 0 bridgehead atoms. The number of fused-ring (bicyclic) bond motifs is 1. The molecule has 7 heteroatoms. The van der Waals surface area contributed by atoms with Crippen LogP contribution in [0.1, 0.15) is 22.8 Å². The van der Waals surface area contributed by atoms with Crippen molar-refractivity contribution in [1.82, 2.24) is 4.72 Å². The summed E-state index contributed by atoms with van der Waals surface area (Å²) in [6.07, 6.45) is 0.0188. The molecular formula is C18H21ClN2O3S. The van der Waals surface area contributed by atoms with Gasteiger partial charge < -0.3 is 10.0 Å². The second-order valence-electron chi connectivity index (χ2n) is 6.29. The van der Waals surface area contributed by atoms with Crippen LogP contribution in [0.2, 0.25) is 5.02 Å². The number of benzene rings is 2.